The average molecular weight is 286 g/mol. The molecule has 0 bridgehead atoms. The SMILES string of the molecule is Cc1c(Cl)[nH]c(=O)n(C(C)(C)c2nccs2)c1=O. The molecule has 5 nitrogen and oxygen atoms in total. The van der Waals surface area contributed by atoms with Crippen LogP contribution in [0.1, 0.15) is 24.4 Å². The zero-order valence-electron chi connectivity index (χ0n) is 10.2. The van der Waals surface area contributed by atoms with Crippen molar-refractivity contribution in [2.75, 3.05) is 0 Å². The first-order valence-corrected chi connectivity index (χ1v) is 6.53. The van der Waals surface area contributed by atoms with E-state index in [9.17, 15) is 9.59 Å². The quantitative estimate of drug-likeness (QED) is 0.855. The van der Waals surface area contributed by atoms with E-state index in [1.54, 1.807) is 32.3 Å². The molecule has 2 heterocycles. The summed E-state index contributed by atoms with van der Waals surface area (Å²) in [6.45, 7) is 5.13. The molecule has 0 aliphatic heterocycles. The Morgan fingerprint density at radius 2 is 2.11 bits per heavy atom. The zero-order chi connectivity index (χ0) is 13.5. The Hall–Kier alpha value is -1.40. The van der Waals surface area contributed by atoms with Gasteiger partial charge in [-0.05, 0) is 20.8 Å². The van der Waals surface area contributed by atoms with Gasteiger partial charge in [-0.25, -0.2) is 14.3 Å². The predicted octanol–water partition coefficient (Wildman–Crippen LogP) is 1.74. The molecule has 2 aromatic rings. The van der Waals surface area contributed by atoms with Gasteiger partial charge in [0.1, 0.15) is 10.2 Å². The second-order valence-electron chi connectivity index (χ2n) is 4.41. The molecule has 1 N–H and O–H groups in total. The Balaban J connectivity index is 2.77. The lowest BCUT2D eigenvalue weighted by Gasteiger charge is -2.24. The van der Waals surface area contributed by atoms with Crippen LogP contribution >= 0.6 is 22.9 Å². The van der Waals surface area contributed by atoms with Gasteiger partial charge in [-0.3, -0.25) is 9.78 Å². The van der Waals surface area contributed by atoms with Crippen LogP contribution in [0.4, 0.5) is 0 Å². The van der Waals surface area contributed by atoms with Crippen molar-refractivity contribution in [3.63, 3.8) is 0 Å². The first-order valence-electron chi connectivity index (χ1n) is 5.27. The summed E-state index contributed by atoms with van der Waals surface area (Å²) in [6.07, 6.45) is 1.64. The van der Waals surface area contributed by atoms with Crippen molar-refractivity contribution in [2.24, 2.45) is 0 Å². The highest BCUT2D eigenvalue weighted by atomic mass is 35.5. The van der Waals surface area contributed by atoms with Crippen LogP contribution in [-0.2, 0) is 5.54 Å². The Morgan fingerprint density at radius 3 is 2.67 bits per heavy atom. The number of aromatic amines is 1. The van der Waals surface area contributed by atoms with E-state index in [1.165, 1.54) is 11.3 Å². The molecule has 0 amide bonds. The molecule has 18 heavy (non-hydrogen) atoms. The minimum atomic E-state index is -0.811. The van der Waals surface area contributed by atoms with Crippen LogP contribution < -0.4 is 11.2 Å². The van der Waals surface area contributed by atoms with Gasteiger partial charge < -0.3 is 0 Å². The minimum absolute atomic E-state index is 0.0798. The first-order chi connectivity index (χ1) is 8.35. The van der Waals surface area contributed by atoms with Crippen molar-refractivity contribution in [3.05, 3.63) is 48.1 Å². The molecule has 7 heteroatoms. The van der Waals surface area contributed by atoms with Gasteiger partial charge in [-0.2, -0.15) is 0 Å². The van der Waals surface area contributed by atoms with Gasteiger partial charge in [0.25, 0.3) is 5.56 Å². The van der Waals surface area contributed by atoms with Crippen molar-refractivity contribution in [3.8, 4) is 0 Å². The molecule has 0 atom stereocenters. The standard InChI is InChI=1S/C11H12ClN3O2S/c1-6-7(12)14-10(17)15(8(6)16)11(2,3)9-13-4-5-18-9/h4-5H,1-3H3,(H,14,17). The monoisotopic (exact) mass is 285 g/mol. The molecular weight excluding hydrogens is 274 g/mol. The van der Waals surface area contributed by atoms with Crippen molar-refractivity contribution in [1.29, 1.82) is 0 Å². The third kappa shape index (κ3) is 1.91. The van der Waals surface area contributed by atoms with Crippen LogP contribution in [0.15, 0.2) is 21.2 Å². The first kappa shape index (κ1) is 13.0. The molecule has 0 radical (unpaired) electrons. The van der Waals surface area contributed by atoms with E-state index in [-0.39, 0.29) is 5.15 Å². The van der Waals surface area contributed by atoms with Crippen molar-refractivity contribution in [1.82, 2.24) is 14.5 Å². The number of hydrogen-bond donors (Lipinski definition) is 1. The van der Waals surface area contributed by atoms with Crippen LogP contribution in [0.3, 0.4) is 0 Å². The highest BCUT2D eigenvalue weighted by molar-refractivity contribution is 7.09. The highest BCUT2D eigenvalue weighted by Gasteiger charge is 2.30. The van der Waals surface area contributed by atoms with E-state index in [4.69, 9.17) is 11.6 Å². The van der Waals surface area contributed by atoms with E-state index in [0.29, 0.717) is 10.6 Å². The normalized spacial score (nSPS) is 11.8. The second kappa shape index (κ2) is 4.37. The maximum atomic E-state index is 12.2. The second-order valence-corrected chi connectivity index (χ2v) is 5.68. The molecule has 0 spiro atoms. The van der Waals surface area contributed by atoms with Crippen LogP contribution in [-0.4, -0.2) is 14.5 Å². The van der Waals surface area contributed by atoms with Crippen LogP contribution in [0.2, 0.25) is 5.15 Å². The molecule has 0 aromatic carbocycles. The minimum Gasteiger partial charge on any atom is -0.297 e. The fraction of sp³-hybridized carbons (Fsp3) is 0.364. The number of thiazole rings is 1. The van der Waals surface area contributed by atoms with Gasteiger partial charge in [0, 0.05) is 17.1 Å². The third-order valence-corrected chi connectivity index (χ3v) is 4.25. The lowest BCUT2D eigenvalue weighted by molar-refractivity contribution is 0.399. The van der Waals surface area contributed by atoms with Gasteiger partial charge in [0.15, 0.2) is 0 Å². The summed E-state index contributed by atoms with van der Waals surface area (Å²) in [5.74, 6) is 0. The topological polar surface area (TPSA) is 67.8 Å². The molecule has 0 aliphatic rings. The summed E-state index contributed by atoms with van der Waals surface area (Å²) in [5.41, 5.74) is -1.42. The molecule has 0 saturated carbocycles. The zero-order valence-corrected chi connectivity index (χ0v) is 11.7. The molecule has 0 aliphatic carbocycles. The van der Waals surface area contributed by atoms with Gasteiger partial charge in [0.05, 0.1) is 5.54 Å². The highest BCUT2D eigenvalue weighted by Crippen LogP contribution is 2.24. The molecule has 0 unspecified atom stereocenters. The number of H-pyrrole nitrogens is 1. The predicted molar refractivity (Wildman–Crippen MR) is 71.6 cm³/mol. The number of nitrogens with zero attached hydrogens (tertiary/aromatic N) is 2. The lowest BCUT2D eigenvalue weighted by Crippen LogP contribution is -2.47. The van der Waals surface area contributed by atoms with Crippen LogP contribution in [0.5, 0.6) is 0 Å². The largest absolute Gasteiger partial charge is 0.330 e. The third-order valence-electron chi connectivity index (χ3n) is 2.79. The molecule has 0 fully saturated rings. The summed E-state index contributed by atoms with van der Waals surface area (Å²) in [5, 5.41) is 2.58. The molecule has 0 saturated heterocycles. The Kier molecular flexibility index (Phi) is 3.16. The van der Waals surface area contributed by atoms with Gasteiger partial charge >= 0.3 is 5.69 Å². The number of hydrogen-bond acceptors (Lipinski definition) is 4. The Morgan fingerprint density at radius 1 is 1.44 bits per heavy atom. The smallest absolute Gasteiger partial charge is 0.297 e. The van der Waals surface area contributed by atoms with Crippen molar-refractivity contribution >= 4 is 22.9 Å². The maximum absolute atomic E-state index is 12.2. The summed E-state index contributed by atoms with van der Waals surface area (Å²) >= 11 is 7.18. The molecular formula is C11H12ClN3O2S. The molecule has 96 valence electrons. The molecule has 2 rings (SSSR count). The molecule has 2 aromatic heterocycles. The Bertz CT molecular complexity index is 685. The van der Waals surface area contributed by atoms with Crippen LogP contribution in [0, 0.1) is 6.92 Å². The van der Waals surface area contributed by atoms with Crippen molar-refractivity contribution in [2.45, 2.75) is 26.3 Å². The van der Waals surface area contributed by atoms with Crippen molar-refractivity contribution < 1.29 is 0 Å². The summed E-state index contributed by atoms with van der Waals surface area (Å²) in [6, 6.07) is 0. The summed E-state index contributed by atoms with van der Waals surface area (Å²) in [4.78, 5) is 30.8. The summed E-state index contributed by atoms with van der Waals surface area (Å²) in [7, 11) is 0. The van der Waals surface area contributed by atoms with E-state index in [0.717, 1.165) is 4.57 Å². The Labute approximate surface area is 112 Å². The van der Waals surface area contributed by atoms with Gasteiger partial charge in [-0.15, -0.1) is 11.3 Å². The summed E-state index contributed by atoms with van der Waals surface area (Å²) < 4.78 is 1.15. The fourth-order valence-electron chi connectivity index (χ4n) is 1.73. The number of nitrogens with one attached hydrogen (secondary N) is 1. The lowest BCUT2D eigenvalue weighted by atomic mass is 10.1. The number of rotatable bonds is 2. The van der Waals surface area contributed by atoms with E-state index in [2.05, 4.69) is 9.97 Å². The van der Waals surface area contributed by atoms with E-state index >= 15 is 0 Å². The maximum Gasteiger partial charge on any atom is 0.330 e. The average Bonchev–Trinajstić information content (AvgIpc) is 2.79. The van der Waals surface area contributed by atoms with E-state index in [1.807, 2.05) is 0 Å². The van der Waals surface area contributed by atoms with Crippen LogP contribution in [0.25, 0.3) is 0 Å². The number of aromatic nitrogens is 3. The fourth-order valence-corrected chi connectivity index (χ4v) is 2.64. The van der Waals surface area contributed by atoms with Gasteiger partial charge in [-0.1, -0.05) is 11.6 Å². The van der Waals surface area contributed by atoms with Gasteiger partial charge in [0.2, 0.25) is 0 Å². The van der Waals surface area contributed by atoms with E-state index < -0.39 is 16.8 Å². The number of halogens is 1.